The predicted molar refractivity (Wildman–Crippen MR) is 435 cm³/mol. The van der Waals surface area contributed by atoms with Crippen molar-refractivity contribution in [1.29, 1.82) is 0 Å². The van der Waals surface area contributed by atoms with Crippen LogP contribution in [0.25, 0.3) is 88.7 Å². The fraction of sp³-hybridized carbons (Fsp3) is 0.220. The highest BCUT2D eigenvalue weighted by atomic mass is 16.3. The summed E-state index contributed by atoms with van der Waals surface area (Å²) < 4.78 is 6.63. The fourth-order valence-electron chi connectivity index (χ4n) is 19.5. The number of benzene rings is 13. The van der Waals surface area contributed by atoms with E-state index in [1.54, 1.807) is 0 Å². The molecule has 0 radical (unpaired) electrons. The van der Waals surface area contributed by atoms with Gasteiger partial charge in [-0.15, -0.1) is 0 Å². The molecule has 1 spiro atoms. The summed E-state index contributed by atoms with van der Waals surface area (Å²) in [5.41, 5.74) is 38.8. The molecule has 0 saturated carbocycles. The number of nitrogens with zero attached hydrogens (tertiary/aromatic N) is 2. The van der Waals surface area contributed by atoms with Gasteiger partial charge in [-0.3, -0.25) is 0 Å². The van der Waals surface area contributed by atoms with Gasteiger partial charge in [-0.05, 0) is 237 Å². The second-order valence-corrected chi connectivity index (χ2v) is 30.3. The van der Waals surface area contributed by atoms with Crippen LogP contribution in [0, 0.1) is 20.8 Å². The van der Waals surface area contributed by atoms with Gasteiger partial charge < -0.3 is 14.2 Å². The maximum absolute atomic E-state index is 6.63. The summed E-state index contributed by atoms with van der Waals surface area (Å²) in [5, 5.41) is 2.26. The number of unbranched alkanes of at least 4 members (excludes halogenated alkanes) is 4. The molecular weight excluding hydrogens is 1250 g/mol. The van der Waals surface area contributed by atoms with Gasteiger partial charge in [0.15, 0.2) is 0 Å². The minimum absolute atomic E-state index is 0.0589. The summed E-state index contributed by atoms with van der Waals surface area (Å²) in [6.07, 6.45) is 14.0. The second kappa shape index (κ2) is 25.6. The molecule has 0 fully saturated rings. The van der Waals surface area contributed by atoms with Gasteiger partial charge in [-0.25, -0.2) is 0 Å². The predicted octanol–water partition coefficient (Wildman–Crippen LogP) is 28.4. The Morgan fingerprint density at radius 1 is 0.272 bits per heavy atom. The van der Waals surface area contributed by atoms with Gasteiger partial charge >= 0.3 is 0 Å². The zero-order valence-electron chi connectivity index (χ0n) is 60.8. The maximum atomic E-state index is 6.63. The third-order valence-electron chi connectivity index (χ3n) is 24.3. The quantitative estimate of drug-likeness (QED) is 0.0758. The van der Waals surface area contributed by atoms with Crippen molar-refractivity contribution in [3.63, 3.8) is 0 Å². The lowest BCUT2D eigenvalue weighted by Gasteiger charge is -2.35. The lowest BCUT2D eigenvalue weighted by molar-refractivity contribution is 0.414. The number of hydrogen-bond donors (Lipinski definition) is 0. The molecule has 0 bridgehead atoms. The van der Waals surface area contributed by atoms with Crippen LogP contribution < -0.4 is 9.80 Å². The zero-order valence-corrected chi connectivity index (χ0v) is 60.8. The molecule has 3 heteroatoms. The maximum Gasteiger partial charge on any atom is 0.143 e. The van der Waals surface area contributed by atoms with Gasteiger partial charge in [0.2, 0.25) is 0 Å². The van der Waals surface area contributed by atoms with Gasteiger partial charge in [-0.2, -0.15) is 0 Å². The molecule has 0 saturated heterocycles. The molecule has 4 aliphatic rings. The van der Waals surface area contributed by atoms with E-state index in [1.807, 2.05) is 0 Å². The molecule has 0 N–H and O–H groups in total. The fourth-order valence-corrected chi connectivity index (χ4v) is 19.5. The number of furan rings is 1. The standard InChI is InChI=1S/C100H90N2O/c1-8-12-55-98(56-13-9-2)91-59-65(5)35-49-81(91)83-52-46-73(62-93(83)98)102(74-47-53-84-82-50-36-66(6)60-92(82)99(57-14-10-3,58-15-11-4)94(84)63-74)72-45-51-76(67(7)61-72)68-37-41-70(42-38-68)101(71-43-39-69(40-44-71)77-29-24-30-87-86-28-19-23-34-96(86)103-97(77)87)75-48-54-85-80-27-18-22-33-90(80)100(95(85)64-75)88-31-20-16-25-78(88)79-26-17-21-32-89(79)100/h16-54,59-64H,8-15,55-58H2,1-7H3. The van der Waals surface area contributed by atoms with Crippen molar-refractivity contribution in [2.75, 3.05) is 9.80 Å². The van der Waals surface area contributed by atoms with Crippen LogP contribution in [-0.4, -0.2) is 0 Å². The Balaban J connectivity index is 0.773. The van der Waals surface area contributed by atoms with Crippen LogP contribution in [0.3, 0.4) is 0 Å². The van der Waals surface area contributed by atoms with E-state index in [0.29, 0.717) is 0 Å². The Kier molecular flexibility index (Phi) is 16.0. The second-order valence-electron chi connectivity index (χ2n) is 30.3. The molecule has 0 unspecified atom stereocenters. The molecule has 0 amide bonds. The van der Waals surface area contributed by atoms with E-state index in [1.165, 1.54) is 185 Å². The molecule has 506 valence electrons. The Morgan fingerprint density at radius 2 is 0.612 bits per heavy atom. The lowest BCUT2D eigenvalue weighted by atomic mass is 9.70. The summed E-state index contributed by atoms with van der Waals surface area (Å²) in [7, 11) is 0. The third-order valence-corrected chi connectivity index (χ3v) is 24.3. The molecule has 14 aromatic rings. The number of hydrogen-bond acceptors (Lipinski definition) is 3. The average molecular weight is 1340 g/mol. The topological polar surface area (TPSA) is 19.6 Å². The lowest BCUT2D eigenvalue weighted by Crippen LogP contribution is -2.26. The van der Waals surface area contributed by atoms with E-state index in [-0.39, 0.29) is 10.8 Å². The number of para-hydroxylation sites is 2. The highest BCUT2D eigenvalue weighted by molar-refractivity contribution is 6.10. The monoisotopic (exact) mass is 1330 g/mol. The summed E-state index contributed by atoms with van der Waals surface area (Å²) in [4.78, 5) is 5.10. The Bertz CT molecular complexity index is 5440. The molecular formula is C100H90N2O. The van der Waals surface area contributed by atoms with E-state index in [0.717, 1.165) is 75.8 Å². The van der Waals surface area contributed by atoms with Crippen LogP contribution in [0.15, 0.2) is 277 Å². The Labute approximate surface area is 609 Å². The third kappa shape index (κ3) is 10.0. The first-order valence-electron chi connectivity index (χ1n) is 38.4. The van der Waals surface area contributed by atoms with Gasteiger partial charge in [-0.1, -0.05) is 284 Å². The van der Waals surface area contributed by atoms with Gasteiger partial charge in [0, 0.05) is 61.3 Å². The largest absolute Gasteiger partial charge is 0.455 e. The van der Waals surface area contributed by atoms with Crippen molar-refractivity contribution in [2.24, 2.45) is 0 Å². The van der Waals surface area contributed by atoms with Crippen LogP contribution in [0.2, 0.25) is 0 Å². The molecule has 18 rings (SSSR count). The minimum atomic E-state index is -0.488. The molecule has 1 aromatic heterocycles. The number of fused-ring (bicyclic) bond motifs is 19. The Hall–Kier alpha value is -10.7. The van der Waals surface area contributed by atoms with Crippen molar-refractivity contribution >= 4 is 56.1 Å². The van der Waals surface area contributed by atoms with Crippen molar-refractivity contribution in [1.82, 2.24) is 0 Å². The first-order valence-corrected chi connectivity index (χ1v) is 38.4. The van der Waals surface area contributed by atoms with Crippen LogP contribution in [0.4, 0.5) is 34.1 Å². The highest BCUT2D eigenvalue weighted by Crippen LogP contribution is 2.64. The first kappa shape index (κ1) is 64.4. The van der Waals surface area contributed by atoms with Crippen molar-refractivity contribution in [3.8, 4) is 66.8 Å². The van der Waals surface area contributed by atoms with E-state index in [2.05, 4.69) is 331 Å². The molecule has 0 atom stereocenters. The van der Waals surface area contributed by atoms with E-state index >= 15 is 0 Å². The van der Waals surface area contributed by atoms with Gasteiger partial charge in [0.1, 0.15) is 11.2 Å². The smallest absolute Gasteiger partial charge is 0.143 e. The van der Waals surface area contributed by atoms with Crippen LogP contribution in [-0.2, 0) is 16.2 Å². The summed E-state index contributed by atoms with van der Waals surface area (Å²) in [5.74, 6) is 0. The van der Waals surface area contributed by atoms with E-state index in [9.17, 15) is 0 Å². The summed E-state index contributed by atoms with van der Waals surface area (Å²) >= 11 is 0. The first-order chi connectivity index (χ1) is 50.6. The van der Waals surface area contributed by atoms with Gasteiger partial charge in [0.05, 0.1) is 5.41 Å². The van der Waals surface area contributed by atoms with Gasteiger partial charge in [0.25, 0.3) is 0 Å². The van der Waals surface area contributed by atoms with Crippen molar-refractivity contribution in [2.45, 2.75) is 142 Å². The SMILES string of the molecule is CCCCC1(CCCC)c2cc(C)ccc2-c2ccc(N(c3ccc(-c4ccc(N(c5ccc(-c6cccc7c6oc6ccccc67)cc5)c5ccc6c(c5)C5(c7ccccc7-c7ccccc75)c5ccccc5-6)cc4)c(C)c3)c3ccc4c(c3)C(CCCC)(CCCC)c3cc(C)ccc3-4)cc21. The number of aryl methyl sites for hydroxylation is 3. The van der Waals surface area contributed by atoms with Crippen molar-refractivity contribution < 1.29 is 4.42 Å². The zero-order chi connectivity index (χ0) is 69.7. The molecule has 4 aliphatic carbocycles. The number of rotatable bonds is 20. The average Bonchev–Trinajstić information content (AvgIpc) is 1.52. The molecule has 13 aromatic carbocycles. The Morgan fingerprint density at radius 3 is 1.08 bits per heavy atom. The van der Waals surface area contributed by atoms with Crippen LogP contribution >= 0.6 is 0 Å². The van der Waals surface area contributed by atoms with E-state index < -0.39 is 5.41 Å². The molecule has 3 nitrogen and oxygen atoms in total. The van der Waals surface area contributed by atoms with E-state index in [4.69, 9.17) is 4.42 Å². The number of anilines is 6. The normalized spacial score (nSPS) is 14.1. The van der Waals surface area contributed by atoms with Crippen LogP contribution in [0.1, 0.15) is 166 Å². The molecule has 1 heterocycles. The minimum Gasteiger partial charge on any atom is -0.455 e. The van der Waals surface area contributed by atoms with Crippen LogP contribution in [0.5, 0.6) is 0 Å². The van der Waals surface area contributed by atoms with Crippen molar-refractivity contribution in [3.05, 3.63) is 334 Å². The summed E-state index contributed by atoms with van der Waals surface area (Å²) in [6, 6.07) is 105. The highest BCUT2D eigenvalue weighted by Gasteiger charge is 2.52. The summed E-state index contributed by atoms with van der Waals surface area (Å²) in [6.45, 7) is 16.4. The molecule has 103 heavy (non-hydrogen) atoms. The molecule has 0 aliphatic heterocycles.